The van der Waals surface area contributed by atoms with E-state index < -0.39 is 0 Å². The zero-order valence-corrected chi connectivity index (χ0v) is 13.9. The van der Waals surface area contributed by atoms with Crippen molar-refractivity contribution in [2.24, 2.45) is 0 Å². The molecule has 0 spiro atoms. The molecule has 1 aliphatic heterocycles. The second-order valence-corrected chi connectivity index (χ2v) is 6.20. The third kappa shape index (κ3) is 3.39. The van der Waals surface area contributed by atoms with Crippen LogP contribution in [0.4, 0.5) is 5.82 Å². The van der Waals surface area contributed by atoms with Gasteiger partial charge in [0.1, 0.15) is 17.2 Å². The first-order chi connectivity index (χ1) is 12.3. The number of carbonyl (C=O) groups excluding carboxylic acids is 1. The fraction of sp³-hybridized carbons (Fsp3) is 0.316. The van der Waals surface area contributed by atoms with Crippen LogP contribution < -0.4 is 5.32 Å². The SMILES string of the molecule is O=C(CCC1CCCO1)Nc1c(-c2ccncc2)nc2ccccn12. The van der Waals surface area contributed by atoms with Crippen LogP contribution in [0.15, 0.2) is 48.9 Å². The van der Waals surface area contributed by atoms with Gasteiger partial charge in [0.25, 0.3) is 0 Å². The molecule has 4 heterocycles. The number of nitrogens with zero attached hydrogens (tertiary/aromatic N) is 3. The van der Waals surface area contributed by atoms with Crippen LogP contribution in [-0.4, -0.2) is 33.0 Å². The second-order valence-electron chi connectivity index (χ2n) is 6.20. The molecule has 6 nitrogen and oxygen atoms in total. The van der Waals surface area contributed by atoms with Crippen molar-refractivity contribution in [3.05, 3.63) is 48.9 Å². The van der Waals surface area contributed by atoms with Crippen molar-refractivity contribution in [3.8, 4) is 11.3 Å². The molecule has 1 atom stereocenters. The predicted molar refractivity (Wildman–Crippen MR) is 95.3 cm³/mol. The zero-order valence-electron chi connectivity index (χ0n) is 13.9. The lowest BCUT2D eigenvalue weighted by atomic mass is 10.1. The molecule has 6 heteroatoms. The number of imidazole rings is 1. The average Bonchev–Trinajstić information content (AvgIpc) is 3.29. The number of anilines is 1. The number of rotatable bonds is 5. The van der Waals surface area contributed by atoms with E-state index in [0.29, 0.717) is 12.2 Å². The van der Waals surface area contributed by atoms with E-state index in [1.165, 1.54) is 0 Å². The van der Waals surface area contributed by atoms with Crippen LogP contribution in [0.1, 0.15) is 25.7 Å². The molecule has 1 aliphatic rings. The van der Waals surface area contributed by atoms with Gasteiger partial charge in [0.2, 0.25) is 5.91 Å². The Hall–Kier alpha value is -2.73. The van der Waals surface area contributed by atoms with Crippen LogP contribution in [0.5, 0.6) is 0 Å². The summed E-state index contributed by atoms with van der Waals surface area (Å²) in [6.07, 6.45) is 8.91. The average molecular weight is 336 g/mol. The lowest BCUT2D eigenvalue weighted by Crippen LogP contribution is -2.16. The van der Waals surface area contributed by atoms with Crippen LogP contribution in [0, 0.1) is 0 Å². The van der Waals surface area contributed by atoms with E-state index >= 15 is 0 Å². The smallest absolute Gasteiger partial charge is 0.225 e. The molecule has 1 N–H and O–H groups in total. The van der Waals surface area contributed by atoms with Crippen LogP contribution in [0.3, 0.4) is 0 Å². The maximum Gasteiger partial charge on any atom is 0.225 e. The van der Waals surface area contributed by atoms with Gasteiger partial charge >= 0.3 is 0 Å². The Balaban J connectivity index is 1.60. The third-order valence-electron chi connectivity index (χ3n) is 4.46. The zero-order chi connectivity index (χ0) is 17.1. The van der Waals surface area contributed by atoms with Gasteiger partial charge in [-0.3, -0.25) is 14.2 Å². The Morgan fingerprint density at radius 2 is 2.16 bits per heavy atom. The first-order valence-corrected chi connectivity index (χ1v) is 8.60. The molecule has 0 aromatic carbocycles. The van der Waals surface area contributed by atoms with Gasteiger partial charge in [-0.2, -0.15) is 0 Å². The van der Waals surface area contributed by atoms with E-state index in [2.05, 4.69) is 15.3 Å². The minimum Gasteiger partial charge on any atom is -0.378 e. The van der Waals surface area contributed by atoms with E-state index in [1.807, 2.05) is 40.9 Å². The van der Waals surface area contributed by atoms with Gasteiger partial charge in [0.15, 0.2) is 0 Å². The summed E-state index contributed by atoms with van der Waals surface area (Å²) in [6.45, 7) is 0.811. The molecule has 128 valence electrons. The minimum atomic E-state index is -0.0172. The monoisotopic (exact) mass is 336 g/mol. The van der Waals surface area contributed by atoms with E-state index in [0.717, 1.165) is 42.8 Å². The summed E-state index contributed by atoms with van der Waals surface area (Å²) >= 11 is 0. The number of hydrogen-bond acceptors (Lipinski definition) is 4. The molecule has 4 rings (SSSR count). The first kappa shape index (κ1) is 15.8. The number of ether oxygens (including phenoxy) is 1. The van der Waals surface area contributed by atoms with Gasteiger partial charge < -0.3 is 10.1 Å². The highest BCUT2D eigenvalue weighted by molar-refractivity contribution is 5.94. The maximum atomic E-state index is 12.5. The molecule has 0 radical (unpaired) electrons. The van der Waals surface area contributed by atoms with Crippen molar-refractivity contribution in [2.75, 3.05) is 11.9 Å². The van der Waals surface area contributed by atoms with E-state index in [4.69, 9.17) is 4.74 Å². The van der Waals surface area contributed by atoms with Crippen molar-refractivity contribution >= 4 is 17.4 Å². The van der Waals surface area contributed by atoms with E-state index in [9.17, 15) is 4.79 Å². The summed E-state index contributed by atoms with van der Waals surface area (Å²) in [4.78, 5) is 21.2. The molecular formula is C19H20N4O2. The topological polar surface area (TPSA) is 68.5 Å². The third-order valence-corrected chi connectivity index (χ3v) is 4.46. The fourth-order valence-corrected chi connectivity index (χ4v) is 3.18. The number of fused-ring (bicyclic) bond motifs is 1. The van der Waals surface area contributed by atoms with Crippen molar-refractivity contribution < 1.29 is 9.53 Å². The van der Waals surface area contributed by atoms with Crippen LogP contribution >= 0.6 is 0 Å². The molecule has 25 heavy (non-hydrogen) atoms. The highest BCUT2D eigenvalue weighted by Gasteiger charge is 2.19. The Morgan fingerprint density at radius 3 is 2.96 bits per heavy atom. The number of aromatic nitrogens is 3. The van der Waals surface area contributed by atoms with Crippen LogP contribution in [0.2, 0.25) is 0 Å². The van der Waals surface area contributed by atoms with E-state index in [1.54, 1.807) is 12.4 Å². The van der Waals surface area contributed by atoms with Crippen molar-refractivity contribution in [1.82, 2.24) is 14.4 Å². The molecule has 1 fully saturated rings. The largest absolute Gasteiger partial charge is 0.378 e. The fourth-order valence-electron chi connectivity index (χ4n) is 3.18. The Bertz CT molecular complexity index is 870. The van der Waals surface area contributed by atoms with Gasteiger partial charge in [-0.15, -0.1) is 0 Å². The quantitative estimate of drug-likeness (QED) is 0.776. The number of carbonyl (C=O) groups is 1. The number of nitrogens with one attached hydrogen (secondary N) is 1. The maximum absolute atomic E-state index is 12.5. The van der Waals surface area contributed by atoms with Gasteiger partial charge in [0.05, 0.1) is 6.10 Å². The molecule has 0 bridgehead atoms. The summed E-state index contributed by atoms with van der Waals surface area (Å²) < 4.78 is 7.50. The van der Waals surface area contributed by atoms with E-state index in [-0.39, 0.29) is 12.0 Å². The number of pyridine rings is 2. The Kier molecular flexibility index (Phi) is 4.43. The van der Waals surface area contributed by atoms with Gasteiger partial charge in [0, 0.05) is 37.2 Å². The lowest BCUT2D eigenvalue weighted by Gasteiger charge is -2.10. The standard InChI is InChI=1S/C19H20N4O2/c24-17(7-6-15-4-3-13-25-15)22-19-18(14-8-10-20-11-9-14)21-16-5-1-2-12-23(16)19/h1-2,5,8-12,15H,3-4,6-7,13H2,(H,22,24). The van der Waals surface area contributed by atoms with Crippen LogP contribution in [0.25, 0.3) is 16.9 Å². The molecule has 0 saturated carbocycles. The Labute approximate surface area is 145 Å². The number of hydrogen-bond donors (Lipinski definition) is 1. The highest BCUT2D eigenvalue weighted by atomic mass is 16.5. The molecule has 1 amide bonds. The molecule has 1 unspecified atom stereocenters. The van der Waals surface area contributed by atoms with Gasteiger partial charge in [-0.1, -0.05) is 6.07 Å². The summed E-state index contributed by atoms with van der Waals surface area (Å²) in [7, 11) is 0. The van der Waals surface area contributed by atoms with Crippen molar-refractivity contribution in [1.29, 1.82) is 0 Å². The highest BCUT2D eigenvalue weighted by Crippen LogP contribution is 2.28. The minimum absolute atomic E-state index is 0.0172. The molecule has 1 saturated heterocycles. The summed E-state index contributed by atoms with van der Waals surface area (Å²) in [5.74, 6) is 0.676. The van der Waals surface area contributed by atoms with Crippen molar-refractivity contribution in [2.45, 2.75) is 31.8 Å². The summed E-state index contributed by atoms with van der Waals surface area (Å²) in [6, 6.07) is 9.56. The summed E-state index contributed by atoms with van der Waals surface area (Å²) in [5, 5.41) is 3.04. The summed E-state index contributed by atoms with van der Waals surface area (Å²) in [5.41, 5.74) is 2.47. The predicted octanol–water partition coefficient (Wildman–Crippen LogP) is 3.29. The lowest BCUT2D eigenvalue weighted by molar-refractivity contribution is -0.116. The molecular weight excluding hydrogens is 316 g/mol. The first-order valence-electron chi connectivity index (χ1n) is 8.60. The molecule has 0 aliphatic carbocycles. The van der Waals surface area contributed by atoms with Crippen LogP contribution in [-0.2, 0) is 9.53 Å². The molecule has 3 aromatic rings. The molecule has 3 aromatic heterocycles. The normalized spacial score (nSPS) is 17.0. The van der Waals surface area contributed by atoms with Crippen molar-refractivity contribution in [3.63, 3.8) is 0 Å². The second kappa shape index (κ2) is 7.03. The van der Waals surface area contributed by atoms with Gasteiger partial charge in [-0.25, -0.2) is 4.98 Å². The number of amides is 1. The van der Waals surface area contributed by atoms with Gasteiger partial charge in [-0.05, 0) is 43.5 Å². The Morgan fingerprint density at radius 1 is 1.28 bits per heavy atom.